The molecule has 0 saturated carbocycles. The molecular weight excluding hydrogens is 398 g/mol. The van der Waals surface area contributed by atoms with Crippen LogP contribution in [0.1, 0.15) is 31.1 Å². The number of carbonyl (C=O) groups is 3. The standard InChI is InChI=1S/C23H21N3O5/c1-13(31-21(29)15-12-19(27)24-16-9-5-4-8-14(15)16)20(28)26-18-11-7-6-10-17(18)25-22(30)23(26,2)3/h4-13H,1-3H3,(H,24,27)(H,25,30)/t13-/m0/s1. The molecule has 0 saturated heterocycles. The Morgan fingerprint density at radius 2 is 1.71 bits per heavy atom. The van der Waals surface area contributed by atoms with Gasteiger partial charge in [-0.25, -0.2) is 4.79 Å². The number of amides is 2. The summed E-state index contributed by atoms with van der Waals surface area (Å²) < 4.78 is 5.44. The molecule has 4 rings (SSSR count). The Labute approximate surface area is 177 Å². The van der Waals surface area contributed by atoms with Crippen molar-refractivity contribution < 1.29 is 19.1 Å². The Kier molecular flexibility index (Phi) is 4.85. The molecular formula is C23H21N3O5. The molecule has 1 aliphatic rings. The summed E-state index contributed by atoms with van der Waals surface area (Å²) in [4.78, 5) is 54.7. The van der Waals surface area contributed by atoms with Gasteiger partial charge in [0.25, 0.3) is 5.91 Å². The molecule has 2 N–H and O–H groups in total. The monoisotopic (exact) mass is 419 g/mol. The minimum absolute atomic E-state index is 0.0649. The van der Waals surface area contributed by atoms with E-state index in [-0.39, 0.29) is 11.5 Å². The number of aromatic nitrogens is 1. The van der Waals surface area contributed by atoms with Crippen molar-refractivity contribution in [3.8, 4) is 0 Å². The van der Waals surface area contributed by atoms with E-state index >= 15 is 0 Å². The van der Waals surface area contributed by atoms with E-state index in [9.17, 15) is 19.2 Å². The highest BCUT2D eigenvalue weighted by atomic mass is 16.5. The number of ether oxygens (including phenoxy) is 1. The van der Waals surface area contributed by atoms with Crippen molar-refractivity contribution in [2.45, 2.75) is 32.4 Å². The van der Waals surface area contributed by atoms with Crippen LogP contribution in [0.4, 0.5) is 11.4 Å². The number of pyridine rings is 1. The molecule has 158 valence electrons. The van der Waals surface area contributed by atoms with Crippen LogP contribution >= 0.6 is 0 Å². The Bertz CT molecular complexity index is 1280. The third-order valence-corrected chi connectivity index (χ3v) is 5.33. The second-order valence-electron chi connectivity index (χ2n) is 7.84. The SMILES string of the molecule is C[C@H](OC(=O)c1cc(=O)[nH]c2ccccc12)C(=O)N1c2ccccc2NC(=O)C1(C)C. The number of H-pyrrole nitrogens is 1. The van der Waals surface area contributed by atoms with Crippen LogP contribution in [0, 0.1) is 0 Å². The minimum atomic E-state index is -1.19. The van der Waals surface area contributed by atoms with Gasteiger partial charge in [0.2, 0.25) is 11.5 Å². The van der Waals surface area contributed by atoms with Crippen LogP contribution in [-0.4, -0.2) is 34.4 Å². The third kappa shape index (κ3) is 3.46. The van der Waals surface area contributed by atoms with Gasteiger partial charge in [0, 0.05) is 17.0 Å². The van der Waals surface area contributed by atoms with Crippen molar-refractivity contribution in [2.24, 2.45) is 0 Å². The van der Waals surface area contributed by atoms with Crippen LogP contribution in [0.25, 0.3) is 10.9 Å². The zero-order valence-corrected chi connectivity index (χ0v) is 17.3. The first kappa shape index (κ1) is 20.3. The van der Waals surface area contributed by atoms with E-state index in [1.54, 1.807) is 62.4 Å². The number of fused-ring (bicyclic) bond motifs is 2. The highest BCUT2D eigenvalue weighted by Gasteiger charge is 2.45. The lowest BCUT2D eigenvalue weighted by Crippen LogP contribution is -2.60. The van der Waals surface area contributed by atoms with Gasteiger partial charge in [-0.15, -0.1) is 0 Å². The number of aromatic amines is 1. The number of anilines is 2. The maximum absolute atomic E-state index is 13.3. The Morgan fingerprint density at radius 3 is 2.48 bits per heavy atom. The van der Waals surface area contributed by atoms with Gasteiger partial charge in [0.1, 0.15) is 5.54 Å². The van der Waals surface area contributed by atoms with Crippen molar-refractivity contribution >= 4 is 40.1 Å². The summed E-state index contributed by atoms with van der Waals surface area (Å²) in [6.45, 7) is 4.69. The smallest absolute Gasteiger partial charge is 0.339 e. The lowest BCUT2D eigenvalue weighted by atomic mass is 9.95. The predicted molar refractivity (Wildman–Crippen MR) is 116 cm³/mol. The molecule has 31 heavy (non-hydrogen) atoms. The lowest BCUT2D eigenvalue weighted by Gasteiger charge is -2.42. The van der Waals surface area contributed by atoms with Gasteiger partial charge >= 0.3 is 5.97 Å². The fourth-order valence-corrected chi connectivity index (χ4v) is 3.68. The van der Waals surface area contributed by atoms with Crippen LogP contribution in [-0.2, 0) is 14.3 Å². The average molecular weight is 419 g/mol. The van der Waals surface area contributed by atoms with Crippen molar-refractivity contribution in [1.82, 2.24) is 4.98 Å². The normalized spacial score (nSPS) is 15.7. The number of para-hydroxylation sites is 3. The first-order valence-electron chi connectivity index (χ1n) is 9.78. The van der Waals surface area contributed by atoms with Crippen molar-refractivity contribution in [3.05, 3.63) is 70.5 Å². The molecule has 0 unspecified atom stereocenters. The quantitative estimate of drug-likeness (QED) is 0.635. The van der Waals surface area contributed by atoms with Crippen LogP contribution < -0.4 is 15.8 Å². The van der Waals surface area contributed by atoms with Crippen LogP contribution in [0.2, 0.25) is 0 Å². The van der Waals surface area contributed by atoms with Gasteiger partial charge in [-0.05, 0) is 39.0 Å². The number of hydrogen-bond acceptors (Lipinski definition) is 5. The van der Waals surface area contributed by atoms with E-state index in [0.29, 0.717) is 22.3 Å². The zero-order chi connectivity index (χ0) is 22.3. The van der Waals surface area contributed by atoms with Crippen molar-refractivity contribution in [2.75, 3.05) is 10.2 Å². The second kappa shape index (κ2) is 7.39. The molecule has 8 nitrogen and oxygen atoms in total. The van der Waals surface area contributed by atoms with Crippen LogP contribution in [0.3, 0.4) is 0 Å². The molecule has 1 aliphatic heterocycles. The van der Waals surface area contributed by atoms with Crippen molar-refractivity contribution in [3.63, 3.8) is 0 Å². The number of rotatable bonds is 3. The highest BCUT2D eigenvalue weighted by molar-refractivity contribution is 6.15. The Balaban J connectivity index is 1.66. The summed E-state index contributed by atoms with van der Waals surface area (Å²) in [5.41, 5.74) is -0.0742. The molecule has 1 atom stereocenters. The maximum Gasteiger partial charge on any atom is 0.339 e. The van der Waals surface area contributed by atoms with E-state index in [1.165, 1.54) is 11.8 Å². The largest absolute Gasteiger partial charge is 0.449 e. The highest BCUT2D eigenvalue weighted by Crippen LogP contribution is 2.37. The molecule has 8 heteroatoms. The summed E-state index contributed by atoms with van der Waals surface area (Å²) in [6, 6.07) is 14.9. The molecule has 0 spiro atoms. The van der Waals surface area contributed by atoms with Gasteiger partial charge in [-0.3, -0.25) is 19.3 Å². The molecule has 0 fully saturated rings. The van der Waals surface area contributed by atoms with Gasteiger partial charge in [0.05, 0.1) is 16.9 Å². The van der Waals surface area contributed by atoms with Crippen molar-refractivity contribution in [1.29, 1.82) is 0 Å². The van der Waals surface area contributed by atoms with Gasteiger partial charge in [-0.2, -0.15) is 0 Å². The van der Waals surface area contributed by atoms with E-state index in [2.05, 4.69) is 10.3 Å². The number of hydrogen-bond donors (Lipinski definition) is 2. The number of benzene rings is 2. The zero-order valence-electron chi connectivity index (χ0n) is 17.3. The number of nitrogens with zero attached hydrogens (tertiary/aromatic N) is 1. The molecule has 3 aromatic rings. The van der Waals surface area contributed by atoms with Crippen LogP contribution in [0.15, 0.2) is 59.4 Å². The Hall–Kier alpha value is -3.94. The molecule has 1 aromatic heterocycles. The molecule has 2 heterocycles. The maximum atomic E-state index is 13.3. The second-order valence-corrected chi connectivity index (χ2v) is 7.84. The molecule has 2 amide bonds. The summed E-state index contributed by atoms with van der Waals surface area (Å²) >= 11 is 0. The first-order chi connectivity index (χ1) is 14.7. The summed E-state index contributed by atoms with van der Waals surface area (Å²) in [6.07, 6.45) is -1.19. The topological polar surface area (TPSA) is 109 Å². The van der Waals surface area contributed by atoms with E-state index in [0.717, 1.165) is 6.07 Å². The Morgan fingerprint density at radius 1 is 1.03 bits per heavy atom. The van der Waals surface area contributed by atoms with Gasteiger partial charge < -0.3 is 15.0 Å². The summed E-state index contributed by atoms with van der Waals surface area (Å²) in [7, 11) is 0. The van der Waals surface area contributed by atoms with E-state index in [1.807, 2.05) is 0 Å². The molecule has 2 aromatic carbocycles. The van der Waals surface area contributed by atoms with E-state index in [4.69, 9.17) is 4.74 Å². The minimum Gasteiger partial charge on any atom is -0.449 e. The molecule has 0 bridgehead atoms. The summed E-state index contributed by atoms with van der Waals surface area (Å²) in [5, 5.41) is 3.30. The van der Waals surface area contributed by atoms with Gasteiger partial charge in [0.15, 0.2) is 6.10 Å². The van der Waals surface area contributed by atoms with E-state index < -0.39 is 29.1 Å². The predicted octanol–water partition coefficient (Wildman–Crippen LogP) is 2.84. The third-order valence-electron chi connectivity index (χ3n) is 5.33. The number of esters is 1. The molecule has 0 aliphatic carbocycles. The summed E-state index contributed by atoms with van der Waals surface area (Å²) in [5.74, 6) is -1.69. The van der Waals surface area contributed by atoms with Crippen LogP contribution in [0.5, 0.6) is 0 Å². The average Bonchev–Trinajstić information content (AvgIpc) is 2.73. The fourth-order valence-electron chi connectivity index (χ4n) is 3.68. The van der Waals surface area contributed by atoms with Gasteiger partial charge in [-0.1, -0.05) is 30.3 Å². The lowest BCUT2D eigenvalue weighted by molar-refractivity contribution is -0.131. The number of carbonyl (C=O) groups excluding carboxylic acids is 3. The first-order valence-corrected chi connectivity index (χ1v) is 9.78. The fraction of sp³-hybridized carbons (Fsp3) is 0.217. The molecule has 0 radical (unpaired) electrons. The number of nitrogens with one attached hydrogen (secondary N) is 2.